The van der Waals surface area contributed by atoms with Crippen LogP contribution in [-0.2, 0) is 29.2 Å². The first-order valence-corrected chi connectivity index (χ1v) is 15.3. The number of hydrogen-bond acceptors (Lipinski definition) is 10. The van der Waals surface area contributed by atoms with Crippen LogP contribution in [0.5, 0.6) is 23.0 Å². The molecule has 35 heavy (non-hydrogen) atoms. The van der Waals surface area contributed by atoms with Gasteiger partial charge >= 0.3 is 6.80 Å². The van der Waals surface area contributed by atoms with E-state index in [4.69, 9.17) is 28.0 Å². The predicted octanol–water partition coefficient (Wildman–Crippen LogP) is 5.58. The third kappa shape index (κ3) is 8.18. The van der Waals surface area contributed by atoms with Gasteiger partial charge in [0, 0.05) is 17.5 Å². The Labute approximate surface area is 210 Å². The summed E-state index contributed by atoms with van der Waals surface area (Å²) in [7, 11) is 2.22. The van der Waals surface area contributed by atoms with E-state index in [1.54, 1.807) is 44.2 Å². The van der Waals surface area contributed by atoms with Gasteiger partial charge in [0.1, 0.15) is 23.0 Å². The van der Waals surface area contributed by atoms with Crippen molar-refractivity contribution in [2.75, 3.05) is 41.7 Å². The maximum Gasteiger partial charge on any atom is 0.393 e. The lowest BCUT2D eigenvalue weighted by atomic mass is 10.1. The molecule has 194 valence electrons. The molecule has 0 aliphatic rings. The average molecular weight is 547 g/mol. The maximum absolute atomic E-state index is 13.0. The molecular weight excluding hydrogens is 515 g/mol. The Kier molecular flexibility index (Phi) is 11.0. The Morgan fingerprint density at radius 3 is 1.91 bits per heavy atom. The molecule has 12 heteroatoms. The zero-order chi connectivity index (χ0) is 26.1. The van der Waals surface area contributed by atoms with Crippen LogP contribution in [0, 0.1) is 0 Å². The van der Waals surface area contributed by atoms with E-state index in [9.17, 15) is 13.0 Å². The molecular formula is C23H31O9PS2. The molecule has 0 saturated carbocycles. The third-order valence-corrected chi connectivity index (χ3v) is 9.64. The first kappa shape index (κ1) is 29.1. The Morgan fingerprint density at radius 2 is 1.43 bits per heavy atom. The molecule has 0 fully saturated rings. The molecule has 0 radical (unpaired) electrons. The highest BCUT2D eigenvalue weighted by molar-refractivity contribution is 8.55. The van der Waals surface area contributed by atoms with Gasteiger partial charge in [0.2, 0.25) is 0 Å². The quantitative estimate of drug-likeness (QED) is 0.279. The SMILES string of the molecule is CCOP(=O)(OCC)Sc1cc(CS(=O)(=O)/C=C/c2c(OC)cc(OC)cc2OC)ccc1OC. The normalized spacial score (nSPS) is 12.1. The minimum atomic E-state index is -3.70. The molecule has 0 bridgehead atoms. The third-order valence-electron chi connectivity index (χ3n) is 4.58. The van der Waals surface area contributed by atoms with Gasteiger partial charge in [-0.1, -0.05) is 6.07 Å². The van der Waals surface area contributed by atoms with E-state index in [1.165, 1.54) is 34.5 Å². The lowest BCUT2D eigenvalue weighted by Crippen LogP contribution is -2.01. The van der Waals surface area contributed by atoms with Crippen LogP contribution >= 0.6 is 18.2 Å². The van der Waals surface area contributed by atoms with Crippen molar-refractivity contribution in [2.45, 2.75) is 24.5 Å². The lowest BCUT2D eigenvalue weighted by Gasteiger charge is -2.17. The van der Waals surface area contributed by atoms with Crippen LogP contribution in [0.3, 0.4) is 0 Å². The van der Waals surface area contributed by atoms with Crippen molar-refractivity contribution >= 4 is 34.1 Å². The second kappa shape index (κ2) is 13.2. The standard InChI is InChI=1S/C23H31O9PS2/c1-7-31-33(24,32-8-2)34-23-13-17(9-10-20(23)28-4)16-35(25,26)12-11-19-21(29-5)14-18(27-3)15-22(19)30-6/h9-15H,7-8,16H2,1-6H3/b12-11+. The summed E-state index contributed by atoms with van der Waals surface area (Å²) < 4.78 is 70.8. The van der Waals surface area contributed by atoms with Crippen LogP contribution < -0.4 is 18.9 Å². The molecule has 0 aliphatic heterocycles. The van der Waals surface area contributed by atoms with E-state index >= 15 is 0 Å². The van der Waals surface area contributed by atoms with Gasteiger partial charge in [-0.25, -0.2) is 13.0 Å². The van der Waals surface area contributed by atoms with E-state index < -0.39 is 16.6 Å². The summed E-state index contributed by atoms with van der Waals surface area (Å²) in [6, 6.07) is 8.13. The van der Waals surface area contributed by atoms with Gasteiger partial charge in [-0.2, -0.15) is 0 Å². The van der Waals surface area contributed by atoms with Crippen LogP contribution in [0.4, 0.5) is 0 Å². The molecule has 0 aliphatic carbocycles. The van der Waals surface area contributed by atoms with Gasteiger partial charge in [0.15, 0.2) is 9.84 Å². The van der Waals surface area contributed by atoms with Gasteiger partial charge in [-0.05, 0) is 49.0 Å². The number of hydrogen-bond donors (Lipinski definition) is 0. The van der Waals surface area contributed by atoms with Crippen molar-refractivity contribution in [1.82, 2.24) is 0 Å². The van der Waals surface area contributed by atoms with Crippen molar-refractivity contribution in [1.29, 1.82) is 0 Å². The zero-order valence-corrected chi connectivity index (χ0v) is 23.1. The van der Waals surface area contributed by atoms with Crippen LogP contribution in [0.15, 0.2) is 40.6 Å². The minimum absolute atomic E-state index is 0.198. The van der Waals surface area contributed by atoms with Gasteiger partial charge in [-0.3, -0.25) is 0 Å². The molecule has 0 atom stereocenters. The molecule has 9 nitrogen and oxygen atoms in total. The first-order chi connectivity index (χ1) is 16.6. The second-order valence-corrected chi connectivity index (χ2v) is 12.7. The molecule has 2 rings (SSSR count). The molecule has 2 aromatic carbocycles. The Hall–Kier alpha value is -2.17. The molecule has 0 spiro atoms. The maximum atomic E-state index is 13.0. The summed E-state index contributed by atoms with van der Waals surface area (Å²) >= 11 is 0.883. The Bertz CT molecular complexity index is 1140. The molecule has 2 aromatic rings. The van der Waals surface area contributed by atoms with Gasteiger partial charge in [-0.15, -0.1) is 0 Å². The topological polar surface area (TPSA) is 107 Å². The summed E-state index contributed by atoms with van der Waals surface area (Å²) in [5, 5.41) is 1.10. The second-order valence-electron chi connectivity index (χ2n) is 6.91. The number of ether oxygens (including phenoxy) is 4. The minimum Gasteiger partial charge on any atom is -0.496 e. The van der Waals surface area contributed by atoms with Crippen LogP contribution in [0.1, 0.15) is 25.0 Å². The monoisotopic (exact) mass is 546 g/mol. The predicted molar refractivity (Wildman–Crippen MR) is 137 cm³/mol. The van der Waals surface area contributed by atoms with Crippen molar-refractivity contribution in [3.8, 4) is 23.0 Å². The molecule has 0 heterocycles. The van der Waals surface area contributed by atoms with Crippen molar-refractivity contribution < 1.29 is 41.0 Å². The van der Waals surface area contributed by atoms with Gasteiger partial charge in [0.25, 0.3) is 0 Å². The van der Waals surface area contributed by atoms with E-state index in [2.05, 4.69) is 0 Å². The largest absolute Gasteiger partial charge is 0.496 e. The Balaban J connectivity index is 2.36. The van der Waals surface area contributed by atoms with Gasteiger partial charge < -0.3 is 28.0 Å². The number of benzene rings is 2. The summed E-state index contributed by atoms with van der Waals surface area (Å²) in [6.45, 7) is 0.329. The van der Waals surface area contributed by atoms with Crippen LogP contribution in [0.2, 0.25) is 0 Å². The summed E-state index contributed by atoms with van der Waals surface area (Å²) in [4.78, 5) is 0.452. The highest BCUT2D eigenvalue weighted by Gasteiger charge is 2.28. The summed E-state index contributed by atoms with van der Waals surface area (Å²) in [6.07, 6.45) is 1.42. The number of methoxy groups -OCH3 is 4. The van der Waals surface area contributed by atoms with Crippen LogP contribution in [0.25, 0.3) is 6.08 Å². The van der Waals surface area contributed by atoms with E-state index in [0.717, 1.165) is 16.8 Å². The fraction of sp³-hybridized carbons (Fsp3) is 0.391. The summed E-state index contributed by atoms with van der Waals surface area (Å²) in [5.41, 5.74) is 0.936. The highest BCUT2D eigenvalue weighted by Crippen LogP contribution is 2.64. The lowest BCUT2D eigenvalue weighted by molar-refractivity contribution is 0.237. The molecule has 0 aromatic heterocycles. The molecule has 0 saturated heterocycles. The van der Waals surface area contributed by atoms with Crippen molar-refractivity contribution in [3.05, 3.63) is 46.9 Å². The number of rotatable bonds is 14. The molecule has 0 N–H and O–H groups in total. The van der Waals surface area contributed by atoms with Crippen molar-refractivity contribution in [2.24, 2.45) is 0 Å². The fourth-order valence-corrected chi connectivity index (χ4v) is 7.74. The molecule has 0 amide bonds. The first-order valence-electron chi connectivity index (χ1n) is 10.6. The zero-order valence-electron chi connectivity index (χ0n) is 20.6. The van der Waals surface area contributed by atoms with Crippen molar-refractivity contribution in [3.63, 3.8) is 0 Å². The highest BCUT2D eigenvalue weighted by atomic mass is 32.7. The fourth-order valence-electron chi connectivity index (χ4n) is 3.06. The average Bonchev–Trinajstić information content (AvgIpc) is 2.82. The Morgan fingerprint density at radius 1 is 0.857 bits per heavy atom. The van der Waals surface area contributed by atoms with Gasteiger partial charge in [0.05, 0.1) is 57.9 Å². The summed E-state index contributed by atoms with van der Waals surface area (Å²) in [5.74, 6) is 1.45. The van der Waals surface area contributed by atoms with Crippen LogP contribution in [-0.4, -0.2) is 50.1 Å². The van der Waals surface area contributed by atoms with E-state index in [1.807, 2.05) is 0 Å². The molecule has 0 unspecified atom stereocenters. The smallest absolute Gasteiger partial charge is 0.393 e. The van der Waals surface area contributed by atoms with E-state index in [0.29, 0.717) is 39.0 Å². The number of sulfone groups is 1. The van der Waals surface area contributed by atoms with E-state index in [-0.39, 0.29) is 19.0 Å².